The van der Waals surface area contributed by atoms with Crippen LogP contribution in [0.2, 0.25) is 0 Å². The number of methoxy groups -OCH3 is 1. The number of halogens is 1. The number of hydrogen-bond donors (Lipinski definition) is 0. The Balaban J connectivity index is 2.44. The summed E-state index contributed by atoms with van der Waals surface area (Å²) >= 11 is 3.24. The number of nitrogens with zero attached hydrogens (tertiary/aromatic N) is 1. The molecule has 1 aromatic heterocycles. The fourth-order valence-corrected chi connectivity index (χ4v) is 1.85. The molecule has 0 saturated carbocycles. The molecule has 0 N–H and O–H groups in total. The molecule has 2 aromatic rings. The van der Waals surface area contributed by atoms with Gasteiger partial charge in [0.1, 0.15) is 16.0 Å². The van der Waals surface area contributed by atoms with E-state index in [9.17, 15) is 4.79 Å². The Kier molecular flexibility index (Phi) is 3.54. The number of ether oxygens (including phenoxy) is 1. The molecule has 1 aromatic carbocycles. The minimum Gasteiger partial charge on any atom is -0.496 e. The van der Waals surface area contributed by atoms with Crippen LogP contribution in [0.1, 0.15) is 16.1 Å². The molecule has 0 saturated heterocycles. The van der Waals surface area contributed by atoms with Gasteiger partial charge in [-0.25, -0.2) is 4.98 Å². The fraction of sp³-hybridized carbons (Fsp3) is 0.0769. The molecule has 86 valence electrons. The maximum atomic E-state index is 12.2. The van der Waals surface area contributed by atoms with Gasteiger partial charge in [0.2, 0.25) is 5.78 Å². The van der Waals surface area contributed by atoms with Crippen molar-refractivity contribution in [1.29, 1.82) is 0 Å². The monoisotopic (exact) mass is 291 g/mol. The zero-order valence-corrected chi connectivity index (χ0v) is 10.8. The summed E-state index contributed by atoms with van der Waals surface area (Å²) < 4.78 is 5.80. The van der Waals surface area contributed by atoms with Crippen LogP contribution in [0.3, 0.4) is 0 Å². The van der Waals surface area contributed by atoms with E-state index in [0.29, 0.717) is 21.6 Å². The molecule has 0 unspecified atom stereocenters. The summed E-state index contributed by atoms with van der Waals surface area (Å²) in [7, 11) is 1.54. The lowest BCUT2D eigenvalue weighted by atomic mass is 10.1. The van der Waals surface area contributed by atoms with Gasteiger partial charge in [0.05, 0.1) is 12.7 Å². The highest BCUT2D eigenvalue weighted by Crippen LogP contribution is 2.20. The maximum Gasteiger partial charge on any atom is 0.215 e. The molecule has 0 aliphatic carbocycles. The van der Waals surface area contributed by atoms with E-state index in [1.807, 2.05) is 6.07 Å². The van der Waals surface area contributed by atoms with Crippen LogP contribution in [0.25, 0.3) is 0 Å². The SMILES string of the molecule is COc1ccccc1C(=O)c1cccc(Br)n1. The molecule has 0 atom stereocenters. The van der Waals surface area contributed by atoms with Gasteiger partial charge in [-0.1, -0.05) is 18.2 Å². The predicted molar refractivity (Wildman–Crippen MR) is 68.4 cm³/mol. The van der Waals surface area contributed by atoms with Crippen LogP contribution in [-0.4, -0.2) is 17.9 Å². The normalized spacial score (nSPS) is 10.0. The lowest BCUT2D eigenvalue weighted by Crippen LogP contribution is -2.06. The number of pyridine rings is 1. The number of carbonyl (C=O) groups is 1. The topological polar surface area (TPSA) is 39.2 Å². The number of rotatable bonds is 3. The van der Waals surface area contributed by atoms with E-state index in [1.54, 1.807) is 43.5 Å². The minimum atomic E-state index is -0.149. The summed E-state index contributed by atoms with van der Waals surface area (Å²) in [5, 5.41) is 0. The third-order valence-electron chi connectivity index (χ3n) is 2.30. The Labute approximate surface area is 108 Å². The molecule has 0 bridgehead atoms. The van der Waals surface area contributed by atoms with Gasteiger partial charge in [-0.2, -0.15) is 0 Å². The van der Waals surface area contributed by atoms with Crippen molar-refractivity contribution in [3.8, 4) is 5.75 Å². The Bertz CT molecular complexity index is 555. The average Bonchev–Trinajstić information content (AvgIpc) is 2.38. The van der Waals surface area contributed by atoms with E-state index in [2.05, 4.69) is 20.9 Å². The van der Waals surface area contributed by atoms with Gasteiger partial charge in [-0.3, -0.25) is 4.79 Å². The first kappa shape index (κ1) is 11.8. The second-order valence-electron chi connectivity index (χ2n) is 3.37. The Morgan fingerprint density at radius 3 is 2.65 bits per heavy atom. The molecule has 0 spiro atoms. The lowest BCUT2D eigenvalue weighted by molar-refractivity contribution is 0.103. The lowest BCUT2D eigenvalue weighted by Gasteiger charge is -2.06. The molecule has 0 amide bonds. The number of benzene rings is 1. The van der Waals surface area contributed by atoms with Gasteiger partial charge in [-0.15, -0.1) is 0 Å². The number of carbonyl (C=O) groups excluding carboxylic acids is 1. The van der Waals surface area contributed by atoms with Crippen LogP contribution in [-0.2, 0) is 0 Å². The number of ketones is 1. The smallest absolute Gasteiger partial charge is 0.215 e. The quantitative estimate of drug-likeness (QED) is 0.644. The van der Waals surface area contributed by atoms with Crippen molar-refractivity contribution >= 4 is 21.7 Å². The van der Waals surface area contributed by atoms with Crippen molar-refractivity contribution in [2.45, 2.75) is 0 Å². The summed E-state index contributed by atoms with van der Waals surface area (Å²) in [6.07, 6.45) is 0. The highest BCUT2D eigenvalue weighted by molar-refractivity contribution is 9.10. The van der Waals surface area contributed by atoms with Crippen molar-refractivity contribution in [2.24, 2.45) is 0 Å². The molecule has 0 aliphatic rings. The van der Waals surface area contributed by atoms with Crippen LogP contribution >= 0.6 is 15.9 Å². The molecule has 0 aliphatic heterocycles. The molecule has 17 heavy (non-hydrogen) atoms. The second kappa shape index (κ2) is 5.10. The van der Waals surface area contributed by atoms with Gasteiger partial charge in [0.15, 0.2) is 0 Å². The van der Waals surface area contributed by atoms with Gasteiger partial charge >= 0.3 is 0 Å². The first-order chi connectivity index (χ1) is 8.22. The Morgan fingerprint density at radius 1 is 1.18 bits per heavy atom. The Morgan fingerprint density at radius 2 is 1.94 bits per heavy atom. The summed E-state index contributed by atoms with van der Waals surface area (Å²) in [4.78, 5) is 16.4. The third-order valence-corrected chi connectivity index (χ3v) is 2.74. The second-order valence-corrected chi connectivity index (χ2v) is 4.19. The van der Waals surface area contributed by atoms with Gasteiger partial charge < -0.3 is 4.74 Å². The largest absolute Gasteiger partial charge is 0.496 e. The van der Waals surface area contributed by atoms with E-state index < -0.39 is 0 Å². The van der Waals surface area contributed by atoms with E-state index in [4.69, 9.17) is 4.74 Å². The van der Waals surface area contributed by atoms with Crippen molar-refractivity contribution < 1.29 is 9.53 Å². The third kappa shape index (κ3) is 2.53. The van der Waals surface area contributed by atoms with E-state index in [-0.39, 0.29) is 5.78 Å². The molecule has 2 rings (SSSR count). The zero-order chi connectivity index (χ0) is 12.3. The van der Waals surface area contributed by atoms with Crippen molar-refractivity contribution in [1.82, 2.24) is 4.98 Å². The van der Waals surface area contributed by atoms with Crippen molar-refractivity contribution in [2.75, 3.05) is 7.11 Å². The standard InChI is InChI=1S/C13H10BrNO2/c1-17-11-7-3-2-5-9(11)13(16)10-6-4-8-12(14)15-10/h2-8H,1H3. The summed E-state index contributed by atoms with van der Waals surface area (Å²) in [5.74, 6) is 0.406. The minimum absolute atomic E-state index is 0.149. The zero-order valence-electron chi connectivity index (χ0n) is 9.18. The van der Waals surface area contributed by atoms with Crippen LogP contribution in [0.5, 0.6) is 5.75 Å². The maximum absolute atomic E-state index is 12.2. The summed E-state index contributed by atoms with van der Waals surface area (Å²) in [6, 6.07) is 12.3. The van der Waals surface area contributed by atoms with E-state index >= 15 is 0 Å². The highest BCUT2D eigenvalue weighted by Gasteiger charge is 2.14. The number of hydrogen-bond acceptors (Lipinski definition) is 3. The first-order valence-corrected chi connectivity index (χ1v) is 5.82. The Hall–Kier alpha value is -1.68. The van der Waals surface area contributed by atoms with Crippen LogP contribution in [0.4, 0.5) is 0 Å². The van der Waals surface area contributed by atoms with Gasteiger partial charge in [0.25, 0.3) is 0 Å². The van der Waals surface area contributed by atoms with E-state index in [1.165, 1.54) is 0 Å². The molecule has 0 fully saturated rings. The summed E-state index contributed by atoms with van der Waals surface area (Å²) in [5.41, 5.74) is 0.907. The van der Waals surface area contributed by atoms with Crippen LogP contribution in [0, 0.1) is 0 Å². The molecule has 0 radical (unpaired) electrons. The molecular weight excluding hydrogens is 282 g/mol. The molecule has 1 heterocycles. The van der Waals surface area contributed by atoms with Crippen molar-refractivity contribution in [3.63, 3.8) is 0 Å². The van der Waals surface area contributed by atoms with Crippen LogP contribution in [0.15, 0.2) is 47.1 Å². The van der Waals surface area contributed by atoms with Crippen LogP contribution < -0.4 is 4.74 Å². The molecule has 4 heteroatoms. The fourth-order valence-electron chi connectivity index (χ4n) is 1.50. The van der Waals surface area contributed by atoms with E-state index in [0.717, 1.165) is 0 Å². The number of aromatic nitrogens is 1. The predicted octanol–water partition coefficient (Wildman–Crippen LogP) is 3.08. The highest BCUT2D eigenvalue weighted by atomic mass is 79.9. The molecular formula is C13H10BrNO2. The number of para-hydroxylation sites is 1. The first-order valence-electron chi connectivity index (χ1n) is 5.02. The van der Waals surface area contributed by atoms with Gasteiger partial charge in [0, 0.05) is 0 Å². The average molecular weight is 292 g/mol. The molecule has 3 nitrogen and oxygen atoms in total. The summed E-state index contributed by atoms with van der Waals surface area (Å²) in [6.45, 7) is 0. The van der Waals surface area contributed by atoms with Gasteiger partial charge in [-0.05, 0) is 40.2 Å². The van der Waals surface area contributed by atoms with Crippen molar-refractivity contribution in [3.05, 3.63) is 58.3 Å².